The van der Waals surface area contributed by atoms with E-state index in [1.54, 1.807) is 12.1 Å². The molecular weight excluding hydrogens is 300 g/mol. The van der Waals surface area contributed by atoms with Crippen LogP contribution in [0.4, 0.5) is 17.6 Å². The minimum atomic E-state index is -4.71. The minimum Gasteiger partial charge on any atom is -0.494 e. The number of ether oxygens (including phenoxy) is 2. The van der Waals surface area contributed by atoms with E-state index in [9.17, 15) is 17.6 Å². The van der Waals surface area contributed by atoms with Crippen molar-refractivity contribution in [2.24, 2.45) is 0 Å². The Morgan fingerprint density at radius 3 is 2.36 bits per heavy atom. The molecule has 122 valence electrons. The Labute approximate surface area is 127 Å². The van der Waals surface area contributed by atoms with Gasteiger partial charge in [-0.2, -0.15) is 0 Å². The Morgan fingerprint density at radius 1 is 1.14 bits per heavy atom. The summed E-state index contributed by atoms with van der Waals surface area (Å²) in [5.74, 6) is -0.657. The molecule has 0 atom stereocenters. The van der Waals surface area contributed by atoms with E-state index in [1.165, 1.54) is 25.3 Å². The van der Waals surface area contributed by atoms with Crippen molar-refractivity contribution < 1.29 is 27.0 Å². The van der Waals surface area contributed by atoms with Crippen LogP contribution in [0.15, 0.2) is 36.1 Å². The van der Waals surface area contributed by atoms with Gasteiger partial charge in [-0.3, -0.25) is 0 Å². The van der Waals surface area contributed by atoms with Crippen LogP contribution in [0.5, 0.6) is 5.75 Å². The predicted molar refractivity (Wildman–Crippen MR) is 76.7 cm³/mol. The standard InChI is InChI=1S/C14H12F4O2.C2H6/c1-19-13-6-5-10(8-12(13)15)9-3-2-4-11(7-9)20-14(16,17)18;1-2/h3,5-8H,2,4H2,1H3;1-2H3. The normalized spacial score (nSPS) is 14.3. The van der Waals surface area contributed by atoms with Gasteiger partial charge in [0.15, 0.2) is 11.6 Å². The Balaban J connectivity index is 0.00000116. The summed E-state index contributed by atoms with van der Waals surface area (Å²) < 4.78 is 58.8. The second kappa shape index (κ2) is 7.87. The molecule has 2 nitrogen and oxygen atoms in total. The van der Waals surface area contributed by atoms with E-state index in [1.807, 2.05) is 13.8 Å². The fraction of sp³-hybridized carbons (Fsp3) is 0.375. The lowest BCUT2D eigenvalue weighted by atomic mass is 9.98. The van der Waals surface area contributed by atoms with Gasteiger partial charge < -0.3 is 9.47 Å². The number of alkyl halides is 3. The van der Waals surface area contributed by atoms with E-state index in [2.05, 4.69) is 4.74 Å². The smallest absolute Gasteiger partial charge is 0.494 e. The van der Waals surface area contributed by atoms with Crippen molar-refractivity contribution in [3.63, 3.8) is 0 Å². The van der Waals surface area contributed by atoms with Crippen LogP contribution >= 0.6 is 0 Å². The minimum absolute atomic E-state index is 0.0842. The molecule has 2 rings (SSSR count). The molecule has 1 aliphatic carbocycles. The van der Waals surface area contributed by atoms with Crippen molar-refractivity contribution in [1.82, 2.24) is 0 Å². The number of hydrogen-bond acceptors (Lipinski definition) is 2. The van der Waals surface area contributed by atoms with Crippen molar-refractivity contribution in [2.75, 3.05) is 7.11 Å². The molecule has 0 aliphatic heterocycles. The molecule has 0 saturated heterocycles. The van der Waals surface area contributed by atoms with E-state index < -0.39 is 12.2 Å². The fourth-order valence-electron chi connectivity index (χ4n) is 1.95. The SMILES string of the molecule is CC.COc1ccc(C2=CCCC(OC(F)(F)F)=C2)cc1F. The molecule has 0 heterocycles. The highest BCUT2D eigenvalue weighted by molar-refractivity contribution is 5.75. The van der Waals surface area contributed by atoms with Crippen LogP contribution in [-0.2, 0) is 4.74 Å². The molecule has 0 bridgehead atoms. The number of methoxy groups -OCH3 is 1. The maximum absolute atomic E-state index is 13.6. The number of benzene rings is 1. The van der Waals surface area contributed by atoms with Crippen LogP contribution < -0.4 is 4.74 Å². The number of halogens is 4. The summed E-state index contributed by atoms with van der Waals surface area (Å²) in [6.45, 7) is 4.00. The molecule has 0 N–H and O–H groups in total. The molecule has 0 fully saturated rings. The second-order valence-electron chi connectivity index (χ2n) is 4.21. The van der Waals surface area contributed by atoms with Gasteiger partial charge in [-0.25, -0.2) is 4.39 Å². The van der Waals surface area contributed by atoms with E-state index in [0.29, 0.717) is 17.6 Å². The first-order chi connectivity index (χ1) is 10.4. The molecule has 0 saturated carbocycles. The molecule has 0 spiro atoms. The molecule has 1 aromatic carbocycles. The van der Waals surface area contributed by atoms with Gasteiger partial charge in [-0.05, 0) is 35.8 Å². The van der Waals surface area contributed by atoms with E-state index in [0.717, 1.165) is 0 Å². The highest BCUT2D eigenvalue weighted by Crippen LogP contribution is 2.31. The summed E-state index contributed by atoms with van der Waals surface area (Å²) in [5.41, 5.74) is 0.975. The lowest BCUT2D eigenvalue weighted by Crippen LogP contribution is -2.13. The molecule has 0 radical (unpaired) electrons. The number of hydrogen-bond donors (Lipinski definition) is 0. The van der Waals surface area contributed by atoms with Gasteiger partial charge in [-0.1, -0.05) is 26.0 Å². The van der Waals surface area contributed by atoms with Crippen molar-refractivity contribution in [2.45, 2.75) is 33.1 Å². The van der Waals surface area contributed by atoms with Gasteiger partial charge in [-0.15, -0.1) is 13.2 Å². The highest BCUT2D eigenvalue weighted by atomic mass is 19.4. The van der Waals surface area contributed by atoms with Crippen LogP contribution in [0.2, 0.25) is 0 Å². The third-order valence-corrected chi connectivity index (χ3v) is 2.80. The van der Waals surface area contributed by atoms with Crippen LogP contribution in [0.3, 0.4) is 0 Å². The van der Waals surface area contributed by atoms with Crippen LogP contribution in [0, 0.1) is 5.82 Å². The molecular formula is C16H18F4O2. The van der Waals surface area contributed by atoms with Crippen molar-refractivity contribution >= 4 is 5.57 Å². The Hall–Kier alpha value is -1.98. The van der Waals surface area contributed by atoms with Gasteiger partial charge in [0.25, 0.3) is 0 Å². The van der Waals surface area contributed by atoms with Gasteiger partial charge in [0, 0.05) is 6.42 Å². The van der Waals surface area contributed by atoms with Gasteiger partial charge in [0.05, 0.1) is 7.11 Å². The second-order valence-corrected chi connectivity index (χ2v) is 4.21. The molecule has 0 aromatic heterocycles. The first kappa shape index (κ1) is 18.1. The zero-order chi connectivity index (χ0) is 16.8. The third-order valence-electron chi connectivity index (χ3n) is 2.80. The molecule has 6 heteroatoms. The predicted octanol–water partition coefficient (Wildman–Crippen LogP) is 5.46. The number of rotatable bonds is 3. The maximum atomic E-state index is 13.6. The Bertz CT molecular complexity index is 560. The van der Waals surface area contributed by atoms with E-state index >= 15 is 0 Å². The lowest BCUT2D eigenvalue weighted by Gasteiger charge is -2.17. The third kappa shape index (κ3) is 5.09. The van der Waals surface area contributed by atoms with Gasteiger partial charge in [0.2, 0.25) is 0 Å². The average molecular weight is 318 g/mol. The molecule has 1 aromatic rings. The van der Waals surface area contributed by atoms with E-state index in [4.69, 9.17) is 4.74 Å². The molecule has 22 heavy (non-hydrogen) atoms. The summed E-state index contributed by atoms with van der Waals surface area (Å²) in [6, 6.07) is 4.23. The molecule has 1 aliphatic rings. The zero-order valence-electron chi connectivity index (χ0n) is 12.6. The fourth-order valence-corrected chi connectivity index (χ4v) is 1.95. The first-order valence-electron chi connectivity index (χ1n) is 6.89. The van der Waals surface area contributed by atoms with Crippen molar-refractivity contribution in [3.8, 4) is 5.75 Å². The summed E-state index contributed by atoms with van der Waals surface area (Å²) in [6.07, 6.45) is -1.12. The first-order valence-corrected chi connectivity index (χ1v) is 6.89. The van der Waals surface area contributed by atoms with Crippen LogP contribution in [-0.4, -0.2) is 13.5 Å². The quantitative estimate of drug-likeness (QED) is 0.689. The topological polar surface area (TPSA) is 18.5 Å². The van der Waals surface area contributed by atoms with Gasteiger partial charge >= 0.3 is 6.36 Å². The summed E-state index contributed by atoms with van der Waals surface area (Å²) in [7, 11) is 1.34. The van der Waals surface area contributed by atoms with E-state index in [-0.39, 0.29) is 17.9 Å². The van der Waals surface area contributed by atoms with Crippen molar-refractivity contribution in [1.29, 1.82) is 0 Å². The average Bonchev–Trinajstić information content (AvgIpc) is 2.48. The Morgan fingerprint density at radius 2 is 1.82 bits per heavy atom. The van der Waals surface area contributed by atoms with Gasteiger partial charge in [0.1, 0.15) is 5.76 Å². The zero-order valence-corrected chi connectivity index (χ0v) is 12.6. The molecule has 0 amide bonds. The summed E-state index contributed by atoms with van der Waals surface area (Å²) in [5, 5.41) is 0. The number of allylic oxidation sites excluding steroid dienone is 4. The lowest BCUT2D eigenvalue weighted by molar-refractivity contribution is -0.306. The Kier molecular flexibility index (Phi) is 6.46. The molecule has 0 unspecified atom stereocenters. The van der Waals surface area contributed by atoms with Crippen LogP contribution in [0.1, 0.15) is 32.3 Å². The van der Waals surface area contributed by atoms with Crippen molar-refractivity contribution in [3.05, 3.63) is 47.5 Å². The summed E-state index contributed by atoms with van der Waals surface area (Å²) in [4.78, 5) is 0. The monoisotopic (exact) mass is 318 g/mol. The summed E-state index contributed by atoms with van der Waals surface area (Å²) >= 11 is 0. The largest absolute Gasteiger partial charge is 0.572 e. The maximum Gasteiger partial charge on any atom is 0.572 e. The highest BCUT2D eigenvalue weighted by Gasteiger charge is 2.32. The van der Waals surface area contributed by atoms with Crippen LogP contribution in [0.25, 0.3) is 5.57 Å².